The number of carbonyl (C=O) groups is 1. The highest BCUT2D eigenvalue weighted by Gasteiger charge is 2.34. The van der Waals surface area contributed by atoms with Crippen molar-refractivity contribution in [3.8, 4) is 0 Å². The molecule has 4 N–H and O–H groups in total. The Morgan fingerprint density at radius 2 is 1.70 bits per heavy atom. The highest BCUT2D eigenvalue weighted by molar-refractivity contribution is 6.07. The maximum Gasteiger partial charge on any atom is 0.236 e. The van der Waals surface area contributed by atoms with Crippen molar-refractivity contribution < 1.29 is 15.0 Å². The largest absolute Gasteiger partial charge is 0.374 e. The molecule has 2 heterocycles. The minimum absolute atomic E-state index is 0.0755. The number of fused-ring (bicyclic) bond motifs is 1. The van der Waals surface area contributed by atoms with Gasteiger partial charge in [-0.25, -0.2) is 0 Å². The van der Waals surface area contributed by atoms with Gasteiger partial charge in [-0.3, -0.25) is 4.79 Å². The van der Waals surface area contributed by atoms with Crippen molar-refractivity contribution in [1.82, 2.24) is 5.32 Å². The van der Waals surface area contributed by atoms with Gasteiger partial charge in [0.15, 0.2) is 0 Å². The van der Waals surface area contributed by atoms with E-state index in [1.54, 1.807) is 13.8 Å². The number of aliphatic hydroxyl groups excluding tert-OH is 2. The average molecular weight is 403 g/mol. The van der Waals surface area contributed by atoms with E-state index >= 15 is 0 Å². The summed E-state index contributed by atoms with van der Waals surface area (Å²) in [6, 6.07) is 13.3. The molecule has 0 saturated carbocycles. The Bertz CT molecular complexity index is 1030. The van der Waals surface area contributed by atoms with E-state index in [2.05, 4.69) is 10.6 Å². The van der Waals surface area contributed by atoms with E-state index < -0.39 is 18.4 Å². The van der Waals surface area contributed by atoms with Crippen LogP contribution >= 0.6 is 0 Å². The van der Waals surface area contributed by atoms with Gasteiger partial charge in [-0.05, 0) is 49.3 Å². The van der Waals surface area contributed by atoms with Crippen LogP contribution in [0.3, 0.4) is 0 Å². The Morgan fingerprint density at radius 1 is 0.967 bits per heavy atom. The molecule has 30 heavy (non-hydrogen) atoms. The first-order valence-electron chi connectivity index (χ1n) is 9.96. The summed E-state index contributed by atoms with van der Waals surface area (Å²) < 4.78 is 0. The van der Waals surface area contributed by atoms with Crippen LogP contribution in [0.1, 0.15) is 36.5 Å². The fourth-order valence-electron chi connectivity index (χ4n) is 4.05. The number of nitrogens with one attached hydrogen (secondary N) is 2. The van der Waals surface area contributed by atoms with Crippen molar-refractivity contribution in [3.63, 3.8) is 0 Å². The number of anilines is 2. The summed E-state index contributed by atoms with van der Waals surface area (Å²) in [5, 5.41) is 26.2. The van der Waals surface area contributed by atoms with Gasteiger partial charge in [-0.1, -0.05) is 42.5 Å². The fourth-order valence-corrected chi connectivity index (χ4v) is 4.05. The third-order valence-corrected chi connectivity index (χ3v) is 5.36. The van der Waals surface area contributed by atoms with Gasteiger partial charge in [0.2, 0.25) is 5.91 Å². The van der Waals surface area contributed by atoms with Crippen LogP contribution in [0.4, 0.5) is 11.4 Å². The monoisotopic (exact) mass is 403 g/mol. The number of benzene rings is 2. The number of carbonyl (C=O) groups excluding carboxylic acids is 1. The summed E-state index contributed by atoms with van der Waals surface area (Å²) in [6.45, 7) is 3.20. The number of aliphatic hydroxyl groups is 2. The first-order valence-corrected chi connectivity index (χ1v) is 9.96. The molecule has 3 unspecified atom stereocenters. The molecular weight excluding hydrogens is 378 g/mol. The molecule has 0 aromatic heterocycles. The molecule has 2 aliphatic rings. The van der Waals surface area contributed by atoms with Crippen LogP contribution in [0.25, 0.3) is 5.70 Å². The maximum atomic E-state index is 12.9. The molecule has 6 heteroatoms. The summed E-state index contributed by atoms with van der Waals surface area (Å²) >= 11 is 0. The van der Waals surface area contributed by atoms with Gasteiger partial charge in [0.25, 0.3) is 0 Å². The molecule has 0 aliphatic carbocycles. The summed E-state index contributed by atoms with van der Waals surface area (Å²) in [6.07, 6.45) is 7.97. The Hall–Kier alpha value is -3.35. The summed E-state index contributed by atoms with van der Waals surface area (Å²) in [4.78, 5) is 14.4. The summed E-state index contributed by atoms with van der Waals surface area (Å²) in [7, 11) is 0. The second-order valence-electron chi connectivity index (χ2n) is 7.42. The van der Waals surface area contributed by atoms with Crippen molar-refractivity contribution in [2.24, 2.45) is 0 Å². The van der Waals surface area contributed by atoms with Gasteiger partial charge in [0.05, 0.1) is 11.6 Å². The van der Waals surface area contributed by atoms with E-state index in [1.807, 2.05) is 73.0 Å². The van der Waals surface area contributed by atoms with Gasteiger partial charge in [0, 0.05) is 23.1 Å². The normalized spacial score (nSPS) is 19.3. The van der Waals surface area contributed by atoms with Crippen molar-refractivity contribution >= 4 is 23.0 Å². The van der Waals surface area contributed by atoms with Crippen LogP contribution in [-0.4, -0.2) is 28.6 Å². The number of allylic oxidation sites excluding steroid dienone is 4. The zero-order valence-corrected chi connectivity index (χ0v) is 16.9. The van der Waals surface area contributed by atoms with Gasteiger partial charge in [-0.15, -0.1) is 0 Å². The molecule has 6 nitrogen and oxygen atoms in total. The molecular formula is C24H25N3O3. The molecule has 1 amide bonds. The Morgan fingerprint density at radius 3 is 2.40 bits per heavy atom. The van der Waals surface area contributed by atoms with Gasteiger partial charge in [0.1, 0.15) is 12.5 Å². The topological polar surface area (TPSA) is 84.8 Å². The van der Waals surface area contributed by atoms with Crippen LogP contribution < -0.4 is 15.5 Å². The van der Waals surface area contributed by atoms with Crippen LogP contribution in [-0.2, 0) is 4.79 Å². The SMILES string of the molecule is CC(O)N(c1ccc(C2C(=O)Nc3c(C4=CC=CC=CN4)cccc32)cc1)C(C)O. The third-order valence-electron chi connectivity index (χ3n) is 5.36. The minimum Gasteiger partial charge on any atom is -0.374 e. The first kappa shape index (κ1) is 19.9. The second kappa shape index (κ2) is 8.18. The van der Waals surface area contributed by atoms with Crippen LogP contribution in [0, 0.1) is 0 Å². The molecule has 154 valence electrons. The van der Waals surface area contributed by atoms with Crippen molar-refractivity contribution in [3.05, 3.63) is 89.7 Å². The predicted molar refractivity (Wildman–Crippen MR) is 119 cm³/mol. The number of hydrogen-bond donors (Lipinski definition) is 4. The maximum absolute atomic E-state index is 12.9. The van der Waals surface area contributed by atoms with Gasteiger partial charge in [-0.2, -0.15) is 0 Å². The zero-order chi connectivity index (χ0) is 21.3. The lowest BCUT2D eigenvalue weighted by Crippen LogP contribution is -2.40. The van der Waals surface area contributed by atoms with Gasteiger partial charge < -0.3 is 25.7 Å². The van der Waals surface area contributed by atoms with Crippen molar-refractivity contribution in [2.45, 2.75) is 32.2 Å². The van der Waals surface area contributed by atoms with Crippen LogP contribution in [0.2, 0.25) is 0 Å². The van der Waals surface area contributed by atoms with Gasteiger partial charge >= 0.3 is 0 Å². The second-order valence-corrected chi connectivity index (χ2v) is 7.42. The van der Waals surface area contributed by atoms with Crippen molar-refractivity contribution in [1.29, 1.82) is 0 Å². The molecule has 3 atom stereocenters. The van der Waals surface area contributed by atoms with Crippen LogP contribution in [0.15, 0.2) is 73.0 Å². The molecule has 2 aromatic carbocycles. The van der Waals surface area contributed by atoms with E-state index in [9.17, 15) is 15.0 Å². The minimum atomic E-state index is -0.836. The zero-order valence-electron chi connectivity index (χ0n) is 16.9. The van der Waals surface area contributed by atoms with E-state index in [1.165, 1.54) is 4.90 Å². The molecule has 2 aromatic rings. The van der Waals surface area contributed by atoms with E-state index in [4.69, 9.17) is 0 Å². The smallest absolute Gasteiger partial charge is 0.236 e. The quantitative estimate of drug-likeness (QED) is 0.576. The number of rotatable bonds is 5. The molecule has 2 aliphatic heterocycles. The lowest BCUT2D eigenvalue weighted by atomic mass is 9.91. The number of nitrogens with zero attached hydrogens (tertiary/aromatic N) is 1. The molecule has 0 bridgehead atoms. The highest BCUT2D eigenvalue weighted by Crippen LogP contribution is 2.41. The summed E-state index contributed by atoms with van der Waals surface area (Å²) in [5.41, 5.74) is 5.12. The average Bonchev–Trinajstić information content (AvgIpc) is 2.88. The number of amides is 1. The first-order chi connectivity index (χ1) is 14.5. The van der Waals surface area contributed by atoms with E-state index in [-0.39, 0.29) is 5.91 Å². The summed E-state index contributed by atoms with van der Waals surface area (Å²) in [5.74, 6) is -0.494. The molecule has 0 spiro atoms. The Kier molecular flexibility index (Phi) is 5.44. The fraction of sp³-hybridized carbons (Fsp3) is 0.208. The Labute approximate surface area is 175 Å². The van der Waals surface area contributed by atoms with Crippen LogP contribution in [0.5, 0.6) is 0 Å². The molecule has 4 rings (SSSR count). The highest BCUT2D eigenvalue weighted by atomic mass is 16.3. The van der Waals surface area contributed by atoms with Crippen molar-refractivity contribution in [2.75, 3.05) is 10.2 Å². The number of para-hydroxylation sites is 1. The lowest BCUT2D eigenvalue weighted by molar-refractivity contribution is -0.116. The number of hydrogen-bond acceptors (Lipinski definition) is 5. The lowest BCUT2D eigenvalue weighted by Gasteiger charge is -2.30. The Balaban J connectivity index is 1.69. The van der Waals surface area contributed by atoms with E-state index in [0.29, 0.717) is 5.69 Å². The van der Waals surface area contributed by atoms with E-state index in [0.717, 1.165) is 28.1 Å². The predicted octanol–water partition coefficient (Wildman–Crippen LogP) is 3.27. The molecule has 0 radical (unpaired) electrons. The third kappa shape index (κ3) is 3.63. The molecule has 0 fully saturated rings. The molecule has 0 saturated heterocycles. The standard InChI is InChI=1S/C24H25N3O3/c1-15(28)27(16(2)29)18-12-10-17(11-13-18)22-20-8-6-7-19(23(20)26-24(22)30)21-9-4-3-5-14-25-21/h3-16,22,25,28-29H,1-2H3,(H,26,30).